The third-order valence-electron chi connectivity index (χ3n) is 2.10. The van der Waals surface area contributed by atoms with Gasteiger partial charge in [-0.3, -0.25) is 4.79 Å². The molecule has 92 valence electrons. The van der Waals surface area contributed by atoms with Crippen molar-refractivity contribution >= 4 is 23.3 Å². The predicted octanol–water partition coefficient (Wildman–Crippen LogP) is 1.79. The third-order valence-corrected chi connectivity index (χ3v) is 2.30. The number of phenols is 2. The molecule has 7 heteroatoms. The van der Waals surface area contributed by atoms with Gasteiger partial charge in [-0.15, -0.1) is 10.2 Å². The van der Waals surface area contributed by atoms with E-state index in [1.165, 1.54) is 24.3 Å². The highest BCUT2D eigenvalue weighted by Crippen LogP contribution is 2.22. The number of aromatic nitrogens is 2. The smallest absolute Gasteiger partial charge is 0.260 e. The monoisotopic (exact) mass is 265 g/mol. The maximum atomic E-state index is 11.8. The van der Waals surface area contributed by atoms with Gasteiger partial charge in [-0.1, -0.05) is 11.6 Å². The summed E-state index contributed by atoms with van der Waals surface area (Å²) in [7, 11) is 0. The fraction of sp³-hybridized carbons (Fsp3) is 0. The maximum Gasteiger partial charge on any atom is 0.260 e. The summed E-state index contributed by atoms with van der Waals surface area (Å²) in [6.45, 7) is 0. The molecule has 0 aliphatic carbocycles. The van der Waals surface area contributed by atoms with Gasteiger partial charge in [0.1, 0.15) is 11.5 Å². The Bertz CT molecular complexity index is 587. The Morgan fingerprint density at radius 1 is 1.17 bits per heavy atom. The van der Waals surface area contributed by atoms with Crippen molar-refractivity contribution in [2.75, 3.05) is 5.32 Å². The van der Waals surface area contributed by atoms with Crippen molar-refractivity contribution < 1.29 is 15.0 Å². The molecule has 0 aliphatic rings. The molecule has 0 unspecified atom stereocenters. The van der Waals surface area contributed by atoms with Crippen molar-refractivity contribution in [1.29, 1.82) is 0 Å². The van der Waals surface area contributed by atoms with E-state index in [0.29, 0.717) is 0 Å². The van der Waals surface area contributed by atoms with Gasteiger partial charge in [0.2, 0.25) is 0 Å². The van der Waals surface area contributed by atoms with Crippen LogP contribution in [-0.4, -0.2) is 26.3 Å². The normalized spacial score (nSPS) is 10.1. The summed E-state index contributed by atoms with van der Waals surface area (Å²) in [6.07, 6.45) is 0. The van der Waals surface area contributed by atoms with Crippen LogP contribution in [0.1, 0.15) is 10.4 Å². The molecular formula is C11H8ClN3O3. The van der Waals surface area contributed by atoms with Crippen LogP contribution in [0.2, 0.25) is 5.15 Å². The molecule has 1 amide bonds. The van der Waals surface area contributed by atoms with Crippen LogP contribution in [0.3, 0.4) is 0 Å². The second-order valence-corrected chi connectivity index (χ2v) is 3.78. The van der Waals surface area contributed by atoms with Gasteiger partial charge in [0.15, 0.2) is 11.0 Å². The fourth-order valence-corrected chi connectivity index (χ4v) is 1.37. The Morgan fingerprint density at radius 2 is 1.94 bits per heavy atom. The van der Waals surface area contributed by atoms with Crippen molar-refractivity contribution in [2.45, 2.75) is 0 Å². The van der Waals surface area contributed by atoms with Gasteiger partial charge in [-0.25, -0.2) is 0 Å². The number of anilines is 1. The van der Waals surface area contributed by atoms with Crippen LogP contribution in [0.15, 0.2) is 30.3 Å². The number of amides is 1. The van der Waals surface area contributed by atoms with E-state index in [0.717, 1.165) is 6.07 Å². The highest BCUT2D eigenvalue weighted by molar-refractivity contribution is 6.29. The molecule has 2 aromatic rings. The summed E-state index contributed by atoms with van der Waals surface area (Å²) in [4.78, 5) is 11.8. The molecule has 18 heavy (non-hydrogen) atoms. The predicted molar refractivity (Wildman–Crippen MR) is 64.8 cm³/mol. The molecule has 0 spiro atoms. The topological polar surface area (TPSA) is 95.3 Å². The molecule has 6 nitrogen and oxygen atoms in total. The number of carbonyl (C=O) groups is 1. The number of nitrogens with one attached hydrogen (secondary N) is 1. The average Bonchev–Trinajstić information content (AvgIpc) is 2.35. The zero-order valence-corrected chi connectivity index (χ0v) is 9.72. The molecule has 0 saturated heterocycles. The lowest BCUT2D eigenvalue weighted by molar-refractivity contribution is 0.102. The first-order valence-electron chi connectivity index (χ1n) is 4.89. The second kappa shape index (κ2) is 4.89. The summed E-state index contributed by atoms with van der Waals surface area (Å²) >= 11 is 5.55. The first-order valence-corrected chi connectivity index (χ1v) is 5.26. The van der Waals surface area contributed by atoms with Crippen LogP contribution in [0, 0.1) is 0 Å². The molecule has 0 aliphatic heterocycles. The lowest BCUT2D eigenvalue weighted by Gasteiger charge is -2.06. The van der Waals surface area contributed by atoms with E-state index in [2.05, 4.69) is 15.5 Å². The molecule has 1 aromatic carbocycles. The summed E-state index contributed by atoms with van der Waals surface area (Å²) in [6, 6.07) is 6.57. The number of carbonyl (C=O) groups excluding carboxylic acids is 1. The molecule has 3 N–H and O–H groups in total. The fourth-order valence-electron chi connectivity index (χ4n) is 1.27. The number of benzene rings is 1. The quantitative estimate of drug-likeness (QED) is 0.720. The Balaban J connectivity index is 2.21. The van der Waals surface area contributed by atoms with Gasteiger partial charge in [-0.2, -0.15) is 0 Å². The van der Waals surface area contributed by atoms with Crippen LogP contribution in [0.4, 0.5) is 5.82 Å². The minimum atomic E-state index is -0.611. The summed E-state index contributed by atoms with van der Waals surface area (Å²) in [5.41, 5.74) is -0.0632. The van der Waals surface area contributed by atoms with E-state index >= 15 is 0 Å². The van der Waals surface area contributed by atoms with Crippen molar-refractivity contribution in [2.24, 2.45) is 0 Å². The zero-order chi connectivity index (χ0) is 13.1. The van der Waals surface area contributed by atoms with Crippen molar-refractivity contribution in [3.63, 3.8) is 0 Å². The Labute approximate surface area is 107 Å². The molecule has 0 atom stereocenters. The number of nitrogens with zero attached hydrogens (tertiary/aromatic N) is 2. The van der Waals surface area contributed by atoms with Gasteiger partial charge < -0.3 is 15.5 Å². The lowest BCUT2D eigenvalue weighted by atomic mass is 10.2. The summed E-state index contributed by atoms with van der Waals surface area (Å²) in [5, 5.41) is 28.6. The Morgan fingerprint density at radius 3 is 2.61 bits per heavy atom. The number of hydrogen-bond donors (Lipinski definition) is 3. The van der Waals surface area contributed by atoms with Crippen LogP contribution in [0.25, 0.3) is 0 Å². The van der Waals surface area contributed by atoms with Gasteiger partial charge >= 0.3 is 0 Å². The number of rotatable bonds is 2. The minimum absolute atomic E-state index is 0.0632. The Hall–Kier alpha value is -2.34. The van der Waals surface area contributed by atoms with Crippen molar-refractivity contribution in [3.05, 3.63) is 41.0 Å². The minimum Gasteiger partial charge on any atom is -0.508 e. The molecule has 1 heterocycles. The van der Waals surface area contributed by atoms with Crippen molar-refractivity contribution in [3.8, 4) is 11.5 Å². The van der Waals surface area contributed by atoms with E-state index < -0.39 is 5.91 Å². The van der Waals surface area contributed by atoms with E-state index in [1.54, 1.807) is 0 Å². The number of phenolic OH excluding ortho intramolecular Hbond substituents is 2. The second-order valence-electron chi connectivity index (χ2n) is 3.40. The molecule has 1 aromatic heterocycles. The molecule has 0 saturated carbocycles. The first kappa shape index (κ1) is 12.1. The SMILES string of the molecule is O=C(Nc1ccc(Cl)nn1)c1cc(O)ccc1O. The lowest BCUT2D eigenvalue weighted by Crippen LogP contribution is -2.13. The van der Waals surface area contributed by atoms with E-state index in [1.807, 2.05) is 0 Å². The van der Waals surface area contributed by atoms with Crippen LogP contribution in [0.5, 0.6) is 11.5 Å². The number of aromatic hydroxyl groups is 2. The zero-order valence-electron chi connectivity index (χ0n) is 8.96. The van der Waals surface area contributed by atoms with Gasteiger partial charge in [-0.05, 0) is 30.3 Å². The van der Waals surface area contributed by atoms with E-state index in [9.17, 15) is 15.0 Å². The largest absolute Gasteiger partial charge is 0.508 e. The number of hydrogen-bond acceptors (Lipinski definition) is 5. The standard InChI is InChI=1S/C11H8ClN3O3/c12-9-3-4-10(15-14-9)13-11(18)7-5-6(16)1-2-8(7)17/h1-5,16-17H,(H,13,15,18). The van der Waals surface area contributed by atoms with E-state index in [-0.39, 0.29) is 28.0 Å². The Kier molecular flexibility index (Phi) is 3.29. The molecule has 2 rings (SSSR count). The van der Waals surface area contributed by atoms with E-state index in [4.69, 9.17) is 11.6 Å². The molecular weight excluding hydrogens is 258 g/mol. The first-order chi connectivity index (χ1) is 8.56. The van der Waals surface area contributed by atoms with Gasteiger partial charge in [0.25, 0.3) is 5.91 Å². The number of halogens is 1. The van der Waals surface area contributed by atoms with Crippen LogP contribution >= 0.6 is 11.6 Å². The third kappa shape index (κ3) is 2.67. The van der Waals surface area contributed by atoms with Gasteiger partial charge in [0, 0.05) is 0 Å². The average molecular weight is 266 g/mol. The van der Waals surface area contributed by atoms with Gasteiger partial charge in [0.05, 0.1) is 5.56 Å². The van der Waals surface area contributed by atoms with Crippen LogP contribution in [-0.2, 0) is 0 Å². The van der Waals surface area contributed by atoms with Crippen LogP contribution < -0.4 is 5.32 Å². The molecule has 0 fully saturated rings. The van der Waals surface area contributed by atoms with Crippen molar-refractivity contribution in [1.82, 2.24) is 10.2 Å². The maximum absolute atomic E-state index is 11.8. The highest BCUT2D eigenvalue weighted by Gasteiger charge is 2.12. The molecule has 0 bridgehead atoms. The highest BCUT2D eigenvalue weighted by atomic mass is 35.5. The molecule has 0 radical (unpaired) electrons. The summed E-state index contributed by atoms with van der Waals surface area (Å²) < 4.78 is 0. The summed E-state index contributed by atoms with van der Waals surface area (Å²) in [5.74, 6) is -0.792.